The van der Waals surface area contributed by atoms with E-state index in [2.05, 4.69) is 13.0 Å². The van der Waals surface area contributed by atoms with Crippen molar-refractivity contribution < 1.29 is 9.53 Å². The fraction of sp³-hybridized carbons (Fsp3) is 0.846. The first kappa shape index (κ1) is 14.0. The molecule has 0 N–H and O–H groups in total. The van der Waals surface area contributed by atoms with Crippen LogP contribution in [0.1, 0.15) is 39.5 Å². The molecule has 0 atom stereocenters. The lowest BCUT2D eigenvalue weighted by Crippen LogP contribution is -2.46. The van der Waals surface area contributed by atoms with E-state index in [0.717, 1.165) is 19.4 Å². The summed E-state index contributed by atoms with van der Waals surface area (Å²) in [5.74, 6) is -0.000694. The van der Waals surface area contributed by atoms with Gasteiger partial charge in [0.1, 0.15) is 5.41 Å². The molecule has 1 heterocycles. The van der Waals surface area contributed by atoms with Crippen LogP contribution in [0.5, 0.6) is 0 Å². The number of nitriles is 1. The van der Waals surface area contributed by atoms with E-state index in [9.17, 15) is 10.1 Å². The Morgan fingerprint density at radius 2 is 2.06 bits per heavy atom. The van der Waals surface area contributed by atoms with Crippen molar-refractivity contribution in [3.63, 3.8) is 0 Å². The van der Waals surface area contributed by atoms with E-state index < -0.39 is 5.41 Å². The Kier molecular flexibility index (Phi) is 5.43. The molecule has 0 radical (unpaired) electrons. The maximum absolute atomic E-state index is 12.4. The molecule has 0 aliphatic carbocycles. The van der Waals surface area contributed by atoms with E-state index in [4.69, 9.17) is 4.74 Å². The highest BCUT2D eigenvalue weighted by Crippen LogP contribution is 2.32. The molecule has 4 heteroatoms. The Hall–Kier alpha value is -1.08. The molecule has 96 valence electrons. The van der Waals surface area contributed by atoms with Crippen molar-refractivity contribution in [2.45, 2.75) is 39.5 Å². The summed E-state index contributed by atoms with van der Waals surface area (Å²) in [6.45, 7) is 6.55. The molecule has 0 aromatic heterocycles. The van der Waals surface area contributed by atoms with Crippen LogP contribution in [0.15, 0.2) is 0 Å². The second-order valence-corrected chi connectivity index (χ2v) is 4.54. The number of hydrogen-bond acceptors (Lipinski definition) is 3. The molecule has 4 nitrogen and oxygen atoms in total. The zero-order valence-corrected chi connectivity index (χ0v) is 10.9. The zero-order chi connectivity index (χ0) is 12.7. The van der Waals surface area contributed by atoms with E-state index in [1.54, 1.807) is 0 Å². The quantitative estimate of drug-likeness (QED) is 0.735. The van der Waals surface area contributed by atoms with Gasteiger partial charge in [-0.3, -0.25) is 4.79 Å². The van der Waals surface area contributed by atoms with Crippen molar-refractivity contribution in [1.29, 1.82) is 5.26 Å². The molecular formula is C13H22N2O2. The Labute approximate surface area is 104 Å². The fourth-order valence-corrected chi connectivity index (χ4v) is 2.15. The molecule has 0 bridgehead atoms. The summed E-state index contributed by atoms with van der Waals surface area (Å²) in [6, 6.07) is 2.24. The topological polar surface area (TPSA) is 53.3 Å². The largest absolute Gasteiger partial charge is 0.381 e. The minimum atomic E-state index is -0.831. The molecule has 1 aliphatic rings. The van der Waals surface area contributed by atoms with Crippen molar-refractivity contribution in [3.8, 4) is 6.07 Å². The Bertz CT molecular complexity index is 290. The third-order valence-electron chi connectivity index (χ3n) is 3.42. The van der Waals surface area contributed by atoms with Crippen molar-refractivity contribution in [1.82, 2.24) is 4.90 Å². The number of hydrogen-bond donors (Lipinski definition) is 0. The third kappa shape index (κ3) is 3.19. The van der Waals surface area contributed by atoms with Gasteiger partial charge in [0.15, 0.2) is 0 Å². The van der Waals surface area contributed by atoms with Crippen LogP contribution in [-0.2, 0) is 9.53 Å². The highest BCUT2D eigenvalue weighted by Gasteiger charge is 2.42. The number of rotatable bonds is 5. The number of nitrogens with zero attached hydrogens (tertiary/aromatic N) is 2. The van der Waals surface area contributed by atoms with Gasteiger partial charge in [0.2, 0.25) is 5.91 Å². The van der Waals surface area contributed by atoms with Crippen LogP contribution in [0.4, 0.5) is 0 Å². The second-order valence-electron chi connectivity index (χ2n) is 4.54. The molecule has 1 amide bonds. The van der Waals surface area contributed by atoms with Crippen LogP contribution >= 0.6 is 0 Å². The van der Waals surface area contributed by atoms with E-state index in [1.807, 2.05) is 11.8 Å². The van der Waals surface area contributed by atoms with Crippen LogP contribution < -0.4 is 0 Å². The predicted molar refractivity (Wildman–Crippen MR) is 65.3 cm³/mol. The van der Waals surface area contributed by atoms with Crippen LogP contribution in [-0.4, -0.2) is 37.1 Å². The van der Waals surface area contributed by atoms with Gasteiger partial charge in [0.05, 0.1) is 6.07 Å². The van der Waals surface area contributed by atoms with E-state index >= 15 is 0 Å². The average molecular weight is 238 g/mol. The molecule has 1 saturated heterocycles. The van der Waals surface area contributed by atoms with Crippen molar-refractivity contribution in [2.24, 2.45) is 5.41 Å². The van der Waals surface area contributed by atoms with Crippen LogP contribution in [0.3, 0.4) is 0 Å². The van der Waals surface area contributed by atoms with Crippen LogP contribution in [0.25, 0.3) is 0 Å². The maximum atomic E-state index is 12.4. The summed E-state index contributed by atoms with van der Waals surface area (Å²) in [4.78, 5) is 14.3. The summed E-state index contributed by atoms with van der Waals surface area (Å²) in [6.07, 6.45) is 3.12. The fourth-order valence-electron chi connectivity index (χ4n) is 2.15. The van der Waals surface area contributed by atoms with Crippen molar-refractivity contribution >= 4 is 5.91 Å². The highest BCUT2D eigenvalue weighted by atomic mass is 16.5. The number of carbonyl (C=O) groups is 1. The van der Waals surface area contributed by atoms with Gasteiger partial charge in [-0.05, 0) is 26.2 Å². The SMILES string of the molecule is CCCCN(CC)C(=O)C1(C#N)CCOCC1. The first-order chi connectivity index (χ1) is 8.20. The van der Waals surface area contributed by atoms with Gasteiger partial charge >= 0.3 is 0 Å². The average Bonchev–Trinajstić information content (AvgIpc) is 2.40. The molecule has 17 heavy (non-hydrogen) atoms. The predicted octanol–water partition coefficient (Wildman–Crippen LogP) is 1.96. The summed E-state index contributed by atoms with van der Waals surface area (Å²) in [7, 11) is 0. The van der Waals surface area contributed by atoms with E-state index in [0.29, 0.717) is 32.6 Å². The van der Waals surface area contributed by atoms with Gasteiger partial charge in [0, 0.05) is 26.3 Å². The maximum Gasteiger partial charge on any atom is 0.243 e. The van der Waals surface area contributed by atoms with Crippen LogP contribution in [0, 0.1) is 16.7 Å². The van der Waals surface area contributed by atoms with Gasteiger partial charge < -0.3 is 9.64 Å². The molecule has 0 spiro atoms. The number of amides is 1. The monoisotopic (exact) mass is 238 g/mol. The number of unbranched alkanes of at least 4 members (excludes halogenated alkanes) is 1. The lowest BCUT2D eigenvalue weighted by Gasteiger charge is -2.34. The number of ether oxygens (including phenoxy) is 1. The lowest BCUT2D eigenvalue weighted by molar-refractivity contribution is -0.143. The standard InChI is InChI=1S/C13H22N2O2/c1-3-5-8-15(4-2)12(16)13(11-14)6-9-17-10-7-13/h3-10H2,1-2H3. The molecular weight excluding hydrogens is 216 g/mol. The summed E-state index contributed by atoms with van der Waals surface area (Å²) in [5, 5.41) is 9.33. The van der Waals surface area contributed by atoms with Gasteiger partial charge in [-0.1, -0.05) is 13.3 Å². The number of carbonyl (C=O) groups excluding carboxylic acids is 1. The molecule has 1 rings (SSSR count). The minimum Gasteiger partial charge on any atom is -0.381 e. The van der Waals surface area contributed by atoms with Gasteiger partial charge in [0.25, 0.3) is 0 Å². The second kappa shape index (κ2) is 6.61. The highest BCUT2D eigenvalue weighted by molar-refractivity contribution is 5.85. The van der Waals surface area contributed by atoms with Gasteiger partial charge in [-0.2, -0.15) is 5.26 Å². The minimum absolute atomic E-state index is 0.000694. The normalized spacial score (nSPS) is 18.4. The Balaban J connectivity index is 2.73. The van der Waals surface area contributed by atoms with Crippen molar-refractivity contribution in [2.75, 3.05) is 26.3 Å². The van der Waals surface area contributed by atoms with E-state index in [1.165, 1.54) is 0 Å². The third-order valence-corrected chi connectivity index (χ3v) is 3.42. The lowest BCUT2D eigenvalue weighted by atomic mass is 9.80. The first-order valence-electron chi connectivity index (χ1n) is 6.48. The first-order valence-corrected chi connectivity index (χ1v) is 6.48. The molecule has 1 aliphatic heterocycles. The Morgan fingerprint density at radius 3 is 2.53 bits per heavy atom. The molecule has 1 fully saturated rings. The van der Waals surface area contributed by atoms with Crippen molar-refractivity contribution in [3.05, 3.63) is 0 Å². The van der Waals surface area contributed by atoms with Gasteiger partial charge in [-0.15, -0.1) is 0 Å². The molecule has 0 aromatic carbocycles. The summed E-state index contributed by atoms with van der Waals surface area (Å²) in [5.41, 5.74) is -0.831. The smallest absolute Gasteiger partial charge is 0.243 e. The van der Waals surface area contributed by atoms with Crippen LogP contribution in [0.2, 0.25) is 0 Å². The Morgan fingerprint density at radius 1 is 1.41 bits per heavy atom. The van der Waals surface area contributed by atoms with E-state index in [-0.39, 0.29) is 5.91 Å². The zero-order valence-electron chi connectivity index (χ0n) is 10.9. The van der Waals surface area contributed by atoms with Gasteiger partial charge in [-0.25, -0.2) is 0 Å². The molecule has 0 unspecified atom stereocenters. The molecule has 0 aromatic rings. The molecule has 0 saturated carbocycles. The summed E-state index contributed by atoms with van der Waals surface area (Å²) < 4.78 is 5.25. The summed E-state index contributed by atoms with van der Waals surface area (Å²) >= 11 is 0.